The van der Waals surface area contributed by atoms with E-state index in [9.17, 15) is 18.0 Å². The Morgan fingerprint density at radius 2 is 1.81 bits per heavy atom. The first-order chi connectivity index (χ1) is 15.0. The molecule has 6 nitrogen and oxygen atoms in total. The fourth-order valence-electron chi connectivity index (χ4n) is 2.70. The summed E-state index contributed by atoms with van der Waals surface area (Å²) in [6, 6.07) is 9.43. The molecule has 1 heterocycles. The number of hydrogen-bond acceptors (Lipinski definition) is 5. The Morgan fingerprint density at radius 3 is 2.41 bits per heavy atom. The number of nitrogens with zero attached hydrogens (tertiary/aromatic N) is 2. The molecule has 1 amide bonds. The second-order valence-electron chi connectivity index (χ2n) is 7.83. The van der Waals surface area contributed by atoms with Gasteiger partial charge >= 0.3 is 6.18 Å². The molecular weight excluding hydrogens is 445 g/mol. The Balaban J connectivity index is 1.63. The molecule has 0 aliphatic heterocycles. The van der Waals surface area contributed by atoms with E-state index in [4.69, 9.17) is 16.1 Å². The highest BCUT2D eigenvalue weighted by atomic mass is 35.5. The van der Waals surface area contributed by atoms with E-state index >= 15 is 0 Å². The van der Waals surface area contributed by atoms with Crippen LogP contribution in [0.2, 0.25) is 5.02 Å². The fraction of sp³-hybridized carbons (Fsp3) is 0.318. The first kappa shape index (κ1) is 23.6. The number of carbonyl (C=O) groups excluding carboxylic acids is 1. The lowest BCUT2D eigenvalue weighted by Gasteiger charge is -2.24. The summed E-state index contributed by atoms with van der Waals surface area (Å²) in [5.74, 6) is 0.160. The van der Waals surface area contributed by atoms with Gasteiger partial charge in [0.2, 0.25) is 11.7 Å². The van der Waals surface area contributed by atoms with Gasteiger partial charge in [0.15, 0.2) is 0 Å². The van der Waals surface area contributed by atoms with E-state index in [0.29, 0.717) is 16.8 Å². The lowest BCUT2D eigenvalue weighted by molar-refractivity contribution is -0.137. The SMILES string of the molecule is CCC(C)(C)NC(=O)c1ccc(NCc2nc(-c3ccc(C(F)(F)F)cc3)no2)cc1Cl. The highest BCUT2D eigenvalue weighted by Gasteiger charge is 2.30. The lowest BCUT2D eigenvalue weighted by Crippen LogP contribution is -2.42. The van der Waals surface area contributed by atoms with Crippen LogP contribution >= 0.6 is 11.6 Å². The van der Waals surface area contributed by atoms with Crippen molar-refractivity contribution < 1.29 is 22.5 Å². The van der Waals surface area contributed by atoms with Crippen LogP contribution in [0.1, 0.15) is 49.0 Å². The van der Waals surface area contributed by atoms with Crippen LogP contribution in [0, 0.1) is 0 Å². The average Bonchev–Trinajstić information content (AvgIpc) is 3.20. The van der Waals surface area contributed by atoms with Gasteiger partial charge in [0.1, 0.15) is 0 Å². The van der Waals surface area contributed by atoms with Gasteiger partial charge in [-0.25, -0.2) is 0 Å². The van der Waals surface area contributed by atoms with Crippen molar-refractivity contribution in [3.05, 3.63) is 64.5 Å². The van der Waals surface area contributed by atoms with Crippen molar-refractivity contribution in [3.63, 3.8) is 0 Å². The zero-order chi connectivity index (χ0) is 23.5. The Bertz CT molecular complexity index is 1100. The van der Waals surface area contributed by atoms with Crippen molar-refractivity contribution in [1.29, 1.82) is 0 Å². The minimum Gasteiger partial charge on any atom is -0.376 e. The van der Waals surface area contributed by atoms with Gasteiger partial charge in [0, 0.05) is 16.8 Å². The third-order valence-corrected chi connectivity index (χ3v) is 5.24. The molecule has 2 aromatic carbocycles. The zero-order valence-electron chi connectivity index (χ0n) is 17.7. The standard InChI is InChI=1S/C22H22ClF3N4O2/c1-4-21(2,3)29-20(31)16-10-9-15(11-17(16)23)27-12-18-28-19(30-32-18)13-5-7-14(8-6-13)22(24,25)26/h5-11,27H,4,12H2,1-3H3,(H,29,31). The summed E-state index contributed by atoms with van der Waals surface area (Å²) in [5, 5.41) is 10.1. The Kier molecular flexibility index (Phi) is 6.78. The number of aromatic nitrogens is 2. The van der Waals surface area contributed by atoms with Crippen LogP contribution in [0.25, 0.3) is 11.4 Å². The molecule has 1 aromatic heterocycles. The number of rotatable bonds is 7. The molecule has 32 heavy (non-hydrogen) atoms. The maximum absolute atomic E-state index is 12.7. The number of nitrogens with one attached hydrogen (secondary N) is 2. The summed E-state index contributed by atoms with van der Waals surface area (Å²) in [6.07, 6.45) is -3.64. The van der Waals surface area contributed by atoms with Crippen LogP contribution in [-0.2, 0) is 12.7 Å². The molecule has 0 fully saturated rings. The number of hydrogen-bond donors (Lipinski definition) is 2. The van der Waals surface area contributed by atoms with Crippen LogP contribution < -0.4 is 10.6 Å². The molecule has 0 atom stereocenters. The van der Waals surface area contributed by atoms with E-state index in [1.807, 2.05) is 20.8 Å². The minimum atomic E-state index is -4.41. The van der Waals surface area contributed by atoms with E-state index in [1.54, 1.807) is 18.2 Å². The van der Waals surface area contributed by atoms with Crippen molar-refractivity contribution >= 4 is 23.2 Å². The number of alkyl halides is 3. The molecule has 2 N–H and O–H groups in total. The van der Waals surface area contributed by atoms with E-state index in [0.717, 1.165) is 18.6 Å². The molecule has 0 bridgehead atoms. The van der Waals surface area contributed by atoms with Gasteiger partial charge in [0.05, 0.1) is 22.7 Å². The molecule has 0 unspecified atom stereocenters. The quantitative estimate of drug-likeness (QED) is 0.450. The van der Waals surface area contributed by atoms with Crippen LogP contribution in [0.15, 0.2) is 47.0 Å². The largest absolute Gasteiger partial charge is 0.416 e. The van der Waals surface area contributed by atoms with Crippen LogP contribution in [-0.4, -0.2) is 21.6 Å². The van der Waals surface area contributed by atoms with Crippen LogP contribution in [0.4, 0.5) is 18.9 Å². The zero-order valence-corrected chi connectivity index (χ0v) is 18.4. The van der Waals surface area contributed by atoms with Gasteiger partial charge in [-0.05, 0) is 50.6 Å². The second kappa shape index (κ2) is 9.20. The minimum absolute atomic E-state index is 0.165. The molecule has 0 saturated heterocycles. The third-order valence-electron chi connectivity index (χ3n) is 4.93. The number of carbonyl (C=O) groups is 1. The van der Waals surface area contributed by atoms with Gasteiger partial charge in [-0.3, -0.25) is 4.79 Å². The first-order valence-electron chi connectivity index (χ1n) is 9.84. The van der Waals surface area contributed by atoms with Crippen molar-refractivity contribution in [2.75, 3.05) is 5.32 Å². The topological polar surface area (TPSA) is 80.0 Å². The molecule has 3 aromatic rings. The third kappa shape index (κ3) is 5.79. The van der Waals surface area contributed by atoms with Crippen molar-refractivity contribution in [2.24, 2.45) is 0 Å². The number of benzene rings is 2. The smallest absolute Gasteiger partial charge is 0.376 e. The lowest BCUT2D eigenvalue weighted by atomic mass is 10.0. The van der Waals surface area contributed by atoms with Crippen LogP contribution in [0.3, 0.4) is 0 Å². The predicted octanol–water partition coefficient (Wildman–Crippen LogP) is 5.94. The van der Waals surface area contributed by atoms with Gasteiger partial charge in [-0.2, -0.15) is 18.2 Å². The highest BCUT2D eigenvalue weighted by molar-refractivity contribution is 6.34. The van der Waals surface area contributed by atoms with E-state index in [-0.39, 0.29) is 34.7 Å². The molecule has 0 aliphatic rings. The molecular formula is C22H22ClF3N4O2. The van der Waals surface area contributed by atoms with Gasteiger partial charge in [0.25, 0.3) is 5.91 Å². The Hall–Kier alpha value is -3.07. The highest BCUT2D eigenvalue weighted by Crippen LogP contribution is 2.30. The normalized spacial score (nSPS) is 12.0. The summed E-state index contributed by atoms with van der Waals surface area (Å²) < 4.78 is 43.2. The average molecular weight is 467 g/mol. The maximum atomic E-state index is 12.7. The molecule has 0 aliphatic carbocycles. The fourth-order valence-corrected chi connectivity index (χ4v) is 2.97. The number of halogens is 4. The molecule has 0 spiro atoms. The van der Waals surface area contributed by atoms with Gasteiger partial charge < -0.3 is 15.2 Å². The van der Waals surface area contributed by atoms with Crippen molar-refractivity contribution in [1.82, 2.24) is 15.5 Å². The van der Waals surface area contributed by atoms with Gasteiger partial charge in [-0.1, -0.05) is 35.8 Å². The second-order valence-corrected chi connectivity index (χ2v) is 8.23. The summed E-state index contributed by atoms with van der Waals surface area (Å²) in [6.45, 7) is 6.00. The van der Waals surface area contributed by atoms with E-state index < -0.39 is 11.7 Å². The van der Waals surface area contributed by atoms with Crippen LogP contribution in [0.5, 0.6) is 0 Å². The Morgan fingerprint density at radius 1 is 1.12 bits per heavy atom. The Labute approximate surface area is 188 Å². The predicted molar refractivity (Wildman–Crippen MR) is 115 cm³/mol. The van der Waals surface area contributed by atoms with Crippen molar-refractivity contribution in [3.8, 4) is 11.4 Å². The van der Waals surface area contributed by atoms with Crippen molar-refractivity contribution in [2.45, 2.75) is 45.5 Å². The summed E-state index contributed by atoms with van der Waals surface area (Å²) in [4.78, 5) is 16.6. The molecule has 0 saturated carbocycles. The van der Waals surface area contributed by atoms with E-state index in [1.165, 1.54) is 12.1 Å². The number of amides is 1. The first-order valence-corrected chi connectivity index (χ1v) is 10.2. The summed E-state index contributed by atoms with van der Waals surface area (Å²) in [7, 11) is 0. The monoisotopic (exact) mass is 466 g/mol. The molecule has 10 heteroatoms. The van der Waals surface area contributed by atoms with Gasteiger partial charge in [-0.15, -0.1) is 0 Å². The molecule has 170 valence electrons. The summed E-state index contributed by atoms with van der Waals surface area (Å²) >= 11 is 6.27. The molecule has 3 rings (SSSR count). The van der Waals surface area contributed by atoms with E-state index in [2.05, 4.69) is 20.8 Å². The number of anilines is 1. The maximum Gasteiger partial charge on any atom is 0.416 e. The summed E-state index contributed by atoms with van der Waals surface area (Å²) in [5.41, 5.74) is 0.303. The molecule has 0 radical (unpaired) electrons.